The molecule has 0 fully saturated rings. The van der Waals surface area contributed by atoms with Crippen molar-refractivity contribution in [3.8, 4) is 0 Å². The highest BCUT2D eigenvalue weighted by Crippen LogP contribution is 2.22. The zero-order chi connectivity index (χ0) is 26.0. The lowest BCUT2D eigenvalue weighted by Crippen LogP contribution is -2.38. The van der Waals surface area contributed by atoms with Gasteiger partial charge in [0.05, 0.1) is 17.6 Å². The minimum absolute atomic E-state index is 0.0319. The summed E-state index contributed by atoms with van der Waals surface area (Å²) in [6.45, 7) is 6.93. The number of hydrogen-bond acceptors (Lipinski definition) is 4. The molecule has 184 valence electrons. The number of aryl methyl sites for hydroxylation is 3. The molecule has 4 aromatic rings. The summed E-state index contributed by atoms with van der Waals surface area (Å²) in [5.41, 5.74) is 4.66. The number of amides is 2. The van der Waals surface area contributed by atoms with E-state index in [0.29, 0.717) is 22.3 Å². The number of nitrogens with zero attached hydrogens (tertiary/aromatic N) is 3. The van der Waals surface area contributed by atoms with Gasteiger partial charge in [0.15, 0.2) is 0 Å². The average Bonchev–Trinajstić information content (AvgIpc) is 2.82. The molecule has 0 saturated heterocycles. The molecule has 0 saturated carbocycles. The summed E-state index contributed by atoms with van der Waals surface area (Å²) in [6.07, 6.45) is 0. The molecule has 1 aromatic heterocycles. The Bertz CT molecular complexity index is 1500. The average molecular weight is 487 g/mol. The lowest BCUT2D eigenvalue weighted by Gasteiger charge is -2.22. The number of hydrogen-bond donors (Lipinski definition) is 1. The molecule has 0 aliphatic carbocycles. The zero-order valence-corrected chi connectivity index (χ0v) is 20.6. The summed E-state index contributed by atoms with van der Waals surface area (Å²) in [4.78, 5) is 45.0. The van der Waals surface area contributed by atoms with Crippen molar-refractivity contribution in [1.82, 2.24) is 9.55 Å². The van der Waals surface area contributed by atoms with Crippen LogP contribution in [-0.4, -0.2) is 21.4 Å². The van der Waals surface area contributed by atoms with Gasteiger partial charge in [-0.1, -0.05) is 42.0 Å². The van der Waals surface area contributed by atoms with Crippen LogP contribution in [0.3, 0.4) is 0 Å². The Morgan fingerprint density at radius 3 is 2.28 bits per heavy atom. The molecular weight excluding hydrogens is 459 g/mol. The van der Waals surface area contributed by atoms with Crippen LogP contribution in [0.25, 0.3) is 11.0 Å². The maximum atomic E-state index is 13.6. The van der Waals surface area contributed by atoms with Crippen molar-refractivity contribution in [2.24, 2.45) is 0 Å². The number of rotatable bonds is 6. The van der Waals surface area contributed by atoms with Crippen LogP contribution in [0, 0.1) is 26.6 Å². The fourth-order valence-electron chi connectivity index (χ4n) is 4.32. The number of carbonyl (C=O) groups excluding carboxylic acids is 2. The lowest BCUT2D eigenvalue weighted by molar-refractivity contribution is -0.117. The molecule has 4 rings (SSSR count). The predicted octanol–water partition coefficient (Wildman–Crippen LogP) is 4.65. The maximum absolute atomic E-state index is 13.6. The number of nitrogens with one attached hydrogen (secondary N) is 1. The highest BCUT2D eigenvalue weighted by Gasteiger charge is 2.22. The predicted molar refractivity (Wildman–Crippen MR) is 139 cm³/mol. The van der Waals surface area contributed by atoms with E-state index in [9.17, 15) is 18.8 Å². The van der Waals surface area contributed by atoms with Crippen molar-refractivity contribution in [2.45, 2.75) is 40.8 Å². The second-order valence-electron chi connectivity index (χ2n) is 8.87. The number of anilines is 2. The van der Waals surface area contributed by atoms with Crippen LogP contribution in [0.15, 0.2) is 65.5 Å². The third-order valence-corrected chi connectivity index (χ3v) is 5.97. The van der Waals surface area contributed by atoms with Gasteiger partial charge in [-0.05, 0) is 61.7 Å². The molecule has 0 radical (unpaired) electrons. The van der Waals surface area contributed by atoms with E-state index in [1.54, 1.807) is 36.4 Å². The van der Waals surface area contributed by atoms with Crippen molar-refractivity contribution in [1.29, 1.82) is 0 Å². The van der Waals surface area contributed by atoms with Crippen LogP contribution in [0.2, 0.25) is 0 Å². The first-order valence-electron chi connectivity index (χ1n) is 11.5. The van der Waals surface area contributed by atoms with Gasteiger partial charge in [0.2, 0.25) is 17.6 Å². The topological polar surface area (TPSA) is 84.3 Å². The molecule has 36 heavy (non-hydrogen) atoms. The normalized spacial score (nSPS) is 10.9. The van der Waals surface area contributed by atoms with E-state index < -0.39 is 17.3 Å². The SMILES string of the molecule is CC(=O)N(Cc1ccc(F)cc1)c1nc2ccccc2n(CC(=O)Nc2c(C)cc(C)cc2C)c1=O. The van der Waals surface area contributed by atoms with Gasteiger partial charge in [-0.3, -0.25) is 23.9 Å². The summed E-state index contributed by atoms with van der Waals surface area (Å²) in [7, 11) is 0. The van der Waals surface area contributed by atoms with E-state index in [4.69, 9.17) is 0 Å². The van der Waals surface area contributed by atoms with E-state index in [1.165, 1.54) is 28.5 Å². The summed E-state index contributed by atoms with van der Waals surface area (Å²) in [5.74, 6) is -1.27. The molecule has 8 heteroatoms. The minimum Gasteiger partial charge on any atom is -0.324 e. The summed E-state index contributed by atoms with van der Waals surface area (Å²) in [5, 5.41) is 2.93. The second kappa shape index (κ2) is 10.1. The number of aromatic nitrogens is 2. The van der Waals surface area contributed by atoms with Crippen molar-refractivity contribution >= 4 is 34.4 Å². The molecule has 0 bridgehead atoms. The molecule has 0 atom stereocenters. The van der Waals surface area contributed by atoms with E-state index >= 15 is 0 Å². The zero-order valence-electron chi connectivity index (χ0n) is 20.6. The van der Waals surface area contributed by atoms with E-state index in [-0.39, 0.29) is 24.8 Å². The van der Waals surface area contributed by atoms with Crippen molar-refractivity contribution < 1.29 is 14.0 Å². The van der Waals surface area contributed by atoms with E-state index in [0.717, 1.165) is 16.7 Å². The molecule has 1 N–H and O–H groups in total. The monoisotopic (exact) mass is 486 g/mol. The third kappa shape index (κ3) is 5.17. The van der Waals surface area contributed by atoms with E-state index in [2.05, 4.69) is 10.3 Å². The van der Waals surface area contributed by atoms with Crippen LogP contribution in [0.4, 0.5) is 15.9 Å². The Morgan fingerprint density at radius 2 is 1.64 bits per heavy atom. The summed E-state index contributed by atoms with van der Waals surface area (Å²) in [6, 6.07) is 16.6. The molecule has 0 unspecified atom stereocenters. The molecule has 2 amide bonds. The summed E-state index contributed by atoms with van der Waals surface area (Å²) >= 11 is 0. The van der Waals surface area contributed by atoms with Gasteiger partial charge < -0.3 is 5.32 Å². The Morgan fingerprint density at radius 1 is 1.00 bits per heavy atom. The molecule has 0 aliphatic heterocycles. The van der Waals surface area contributed by atoms with Crippen molar-refractivity contribution in [3.05, 3.63) is 99.1 Å². The molecular formula is C28H27FN4O3. The lowest BCUT2D eigenvalue weighted by atomic mass is 10.1. The molecule has 1 heterocycles. The van der Waals surface area contributed by atoms with E-state index in [1.807, 2.05) is 32.9 Å². The number of benzene rings is 3. The van der Waals surface area contributed by atoms with Crippen molar-refractivity contribution in [2.75, 3.05) is 10.2 Å². The standard InChI is InChI=1S/C28H27FN4O3/c1-17-13-18(2)26(19(3)14-17)31-25(35)16-33-24-8-6-5-7-23(24)30-27(28(33)36)32(20(4)34)15-21-9-11-22(29)12-10-21/h5-14H,15-16H2,1-4H3,(H,31,35). The third-order valence-electron chi connectivity index (χ3n) is 5.97. The first-order valence-corrected chi connectivity index (χ1v) is 11.5. The smallest absolute Gasteiger partial charge is 0.294 e. The second-order valence-corrected chi connectivity index (χ2v) is 8.87. The van der Waals surface area contributed by atoms with Gasteiger partial charge >= 0.3 is 0 Å². The molecule has 7 nitrogen and oxygen atoms in total. The van der Waals surface area contributed by atoms with Gasteiger partial charge in [0.1, 0.15) is 12.4 Å². The fraction of sp³-hybridized carbons (Fsp3) is 0.214. The maximum Gasteiger partial charge on any atom is 0.294 e. The summed E-state index contributed by atoms with van der Waals surface area (Å²) < 4.78 is 14.7. The number of carbonyl (C=O) groups is 2. The minimum atomic E-state index is -0.571. The Kier molecular flexibility index (Phi) is 6.96. The Balaban J connectivity index is 1.74. The quantitative estimate of drug-likeness (QED) is 0.430. The van der Waals surface area contributed by atoms with Gasteiger partial charge in [-0.2, -0.15) is 0 Å². The van der Waals surface area contributed by atoms with Gasteiger partial charge in [-0.15, -0.1) is 0 Å². The number of fused-ring (bicyclic) bond motifs is 1. The van der Waals surface area contributed by atoms with Crippen LogP contribution < -0.4 is 15.8 Å². The fourth-order valence-corrected chi connectivity index (χ4v) is 4.32. The van der Waals surface area contributed by atoms with Crippen LogP contribution in [0.5, 0.6) is 0 Å². The van der Waals surface area contributed by atoms with Gasteiger partial charge in [0.25, 0.3) is 5.56 Å². The number of halogens is 1. The van der Waals surface area contributed by atoms with Crippen molar-refractivity contribution in [3.63, 3.8) is 0 Å². The van der Waals surface area contributed by atoms with Gasteiger partial charge in [0, 0.05) is 12.6 Å². The highest BCUT2D eigenvalue weighted by molar-refractivity contribution is 5.94. The van der Waals surface area contributed by atoms with Crippen LogP contribution in [0.1, 0.15) is 29.2 Å². The number of para-hydroxylation sites is 2. The highest BCUT2D eigenvalue weighted by atomic mass is 19.1. The Hall–Kier alpha value is -4.33. The van der Waals surface area contributed by atoms with Crippen LogP contribution in [-0.2, 0) is 22.7 Å². The molecule has 0 aliphatic rings. The molecule has 0 spiro atoms. The van der Waals surface area contributed by atoms with Gasteiger partial charge in [-0.25, -0.2) is 9.37 Å². The largest absolute Gasteiger partial charge is 0.324 e. The molecule has 3 aromatic carbocycles. The first-order chi connectivity index (χ1) is 17.1. The first kappa shape index (κ1) is 24.8. The van der Waals surface area contributed by atoms with Crippen LogP contribution >= 0.6 is 0 Å². The Labute approximate surface area is 208 Å².